The van der Waals surface area contributed by atoms with Gasteiger partial charge in [0.05, 0.1) is 11.9 Å². The lowest BCUT2D eigenvalue weighted by Crippen LogP contribution is -2.37. The molecule has 7 nitrogen and oxygen atoms in total. The van der Waals surface area contributed by atoms with E-state index in [-0.39, 0.29) is 25.1 Å². The van der Waals surface area contributed by atoms with Gasteiger partial charge in [-0.15, -0.1) is 14.0 Å². The summed E-state index contributed by atoms with van der Waals surface area (Å²) in [6, 6.07) is 13.3. The van der Waals surface area contributed by atoms with E-state index < -0.39 is 0 Å². The van der Waals surface area contributed by atoms with Crippen molar-refractivity contribution in [3.63, 3.8) is 0 Å². The third kappa shape index (κ3) is 5.41. The number of carbonyl (C=O) groups excluding carboxylic acids is 1. The van der Waals surface area contributed by atoms with Crippen LogP contribution in [0.4, 0.5) is 5.95 Å². The van der Waals surface area contributed by atoms with Gasteiger partial charge >= 0.3 is 5.97 Å². The second kappa shape index (κ2) is 9.15. The number of ether oxygens (including phenoxy) is 1. The van der Waals surface area contributed by atoms with Crippen LogP contribution >= 0.6 is 9.24 Å². The van der Waals surface area contributed by atoms with E-state index in [4.69, 9.17) is 15.3 Å². The second-order valence-corrected chi connectivity index (χ2v) is 7.09. The summed E-state index contributed by atoms with van der Waals surface area (Å²) in [4.78, 5) is 21.7. The molecule has 0 saturated carbocycles. The van der Waals surface area contributed by atoms with E-state index in [2.05, 4.69) is 14.2 Å². The number of allylic oxidation sites excluding steroid dienone is 1. The first-order valence-corrected chi connectivity index (χ1v) is 9.22. The van der Waals surface area contributed by atoms with Crippen molar-refractivity contribution in [2.45, 2.75) is 20.1 Å². The zero-order valence-corrected chi connectivity index (χ0v) is 16.6. The van der Waals surface area contributed by atoms with Gasteiger partial charge in [0.15, 0.2) is 12.4 Å². The fraction of sp³-hybridized carbons (Fsp3) is 0.150. The maximum absolute atomic E-state index is 12.0. The minimum absolute atomic E-state index is 0.130. The molecule has 0 aliphatic heterocycles. The highest BCUT2D eigenvalue weighted by Crippen LogP contribution is 2.18. The quantitative estimate of drug-likeness (QED) is 0.286. The fourth-order valence-electron chi connectivity index (χ4n) is 2.41. The molecule has 3 rings (SSSR count). The average Bonchev–Trinajstić information content (AvgIpc) is 3.07. The maximum atomic E-state index is 12.0. The number of rotatable bonds is 7. The van der Waals surface area contributed by atoms with Crippen molar-refractivity contribution in [3.05, 3.63) is 78.2 Å². The molecule has 0 bridgehead atoms. The number of anilines is 1. The molecule has 2 N–H and O–H groups in total. The molecule has 144 valence electrons. The van der Waals surface area contributed by atoms with Crippen LogP contribution in [0.25, 0.3) is 11.3 Å². The number of hydrogen-bond donors (Lipinski definition) is 1. The summed E-state index contributed by atoms with van der Waals surface area (Å²) in [5.41, 5.74) is 8.35. The van der Waals surface area contributed by atoms with Gasteiger partial charge in [-0.1, -0.05) is 30.3 Å². The molecule has 0 aliphatic rings. The van der Waals surface area contributed by atoms with Gasteiger partial charge in [-0.2, -0.15) is 4.57 Å². The Morgan fingerprint density at radius 2 is 1.96 bits per heavy atom. The first kappa shape index (κ1) is 19.6. The normalized spacial score (nSPS) is 11.3. The molecule has 2 aromatic heterocycles. The van der Waals surface area contributed by atoms with Crippen LogP contribution in [-0.4, -0.2) is 15.7 Å². The molecule has 2 heterocycles. The molecular formula is C20H22N4O3P+. The van der Waals surface area contributed by atoms with E-state index in [1.165, 1.54) is 4.73 Å². The molecule has 3 aromatic rings. The first-order chi connectivity index (χ1) is 13.5. The third-order valence-corrected chi connectivity index (χ3v) is 3.93. The molecule has 0 amide bonds. The summed E-state index contributed by atoms with van der Waals surface area (Å²) >= 11 is 0. The highest BCUT2D eigenvalue weighted by molar-refractivity contribution is 7.22. The van der Waals surface area contributed by atoms with Crippen LogP contribution in [0.2, 0.25) is 0 Å². The highest BCUT2D eigenvalue weighted by Gasteiger charge is 2.13. The van der Waals surface area contributed by atoms with Gasteiger partial charge < -0.3 is 15.3 Å². The van der Waals surface area contributed by atoms with Crippen LogP contribution in [0, 0.1) is 0 Å². The van der Waals surface area contributed by atoms with Gasteiger partial charge in [0.1, 0.15) is 12.9 Å². The molecular weight excluding hydrogens is 375 g/mol. The number of esters is 1. The van der Waals surface area contributed by atoms with Gasteiger partial charge in [0.25, 0.3) is 0 Å². The first-order valence-electron chi connectivity index (χ1n) is 8.64. The second-order valence-electron chi connectivity index (χ2n) is 6.18. The standard InChI is InChI=1S/C20H22N4O3P/c1-15(28)13-27-24-11-18(22-20(24)21)17-7-9-23(10-8-17)12-19(25)26-14-16-5-3-2-4-6-16/h2-11,13H,12,14,28H2,1H3,(H2,21,22)/q+1/b15-13+. The lowest BCUT2D eigenvalue weighted by Gasteiger charge is -2.03. The Morgan fingerprint density at radius 3 is 2.64 bits per heavy atom. The van der Waals surface area contributed by atoms with Crippen molar-refractivity contribution in [2.75, 3.05) is 5.73 Å². The predicted octanol–water partition coefficient (Wildman–Crippen LogP) is 2.33. The molecule has 0 aliphatic carbocycles. The molecule has 28 heavy (non-hydrogen) atoms. The Bertz CT molecular complexity index is 965. The van der Waals surface area contributed by atoms with Crippen LogP contribution in [0.5, 0.6) is 0 Å². The number of benzene rings is 1. The van der Waals surface area contributed by atoms with Crippen molar-refractivity contribution < 1.29 is 18.9 Å². The smallest absolute Gasteiger partial charge is 0.373 e. The number of hydrogen-bond acceptors (Lipinski definition) is 5. The maximum Gasteiger partial charge on any atom is 0.373 e. The lowest BCUT2D eigenvalue weighted by atomic mass is 10.2. The lowest BCUT2D eigenvalue weighted by molar-refractivity contribution is -0.685. The van der Waals surface area contributed by atoms with Crippen LogP contribution < -0.4 is 15.1 Å². The summed E-state index contributed by atoms with van der Waals surface area (Å²) < 4.78 is 8.43. The van der Waals surface area contributed by atoms with Crippen molar-refractivity contribution in [1.29, 1.82) is 0 Å². The zero-order valence-electron chi connectivity index (χ0n) is 15.5. The number of imidazole rings is 1. The topological polar surface area (TPSA) is 83.2 Å². The van der Waals surface area contributed by atoms with Crippen LogP contribution in [0.1, 0.15) is 12.5 Å². The Morgan fingerprint density at radius 1 is 1.25 bits per heavy atom. The molecule has 0 saturated heterocycles. The highest BCUT2D eigenvalue weighted by atomic mass is 31.0. The van der Waals surface area contributed by atoms with E-state index >= 15 is 0 Å². The SMILES string of the molecule is C/C(P)=C\On1cc(-c2cc[n+](CC(=O)OCc3ccccc3)cc2)nc1N. The van der Waals surface area contributed by atoms with Crippen molar-refractivity contribution in [1.82, 2.24) is 9.71 Å². The molecule has 0 radical (unpaired) electrons. The monoisotopic (exact) mass is 397 g/mol. The van der Waals surface area contributed by atoms with Crippen LogP contribution in [0.3, 0.4) is 0 Å². The van der Waals surface area contributed by atoms with Gasteiger partial charge in [-0.05, 0) is 17.8 Å². The van der Waals surface area contributed by atoms with Gasteiger partial charge in [-0.25, -0.2) is 9.78 Å². The number of carbonyl (C=O) groups is 1. The number of nitrogens with two attached hydrogens (primary N) is 1. The Balaban J connectivity index is 1.59. The summed E-state index contributed by atoms with van der Waals surface area (Å²) in [6.45, 7) is 2.28. The Hall–Kier alpha value is -3.18. The van der Waals surface area contributed by atoms with Crippen LogP contribution in [0.15, 0.2) is 72.6 Å². The van der Waals surface area contributed by atoms with Crippen molar-refractivity contribution in [3.8, 4) is 11.3 Å². The molecule has 1 unspecified atom stereocenters. The van der Waals surface area contributed by atoms with Gasteiger partial charge in [0, 0.05) is 17.7 Å². The van der Waals surface area contributed by atoms with Crippen molar-refractivity contribution in [2.24, 2.45) is 0 Å². The minimum Gasteiger partial charge on any atom is -0.456 e. The summed E-state index contributed by atoms with van der Waals surface area (Å²) in [6.07, 6.45) is 6.85. The summed E-state index contributed by atoms with van der Waals surface area (Å²) in [5, 5.41) is 0.926. The Labute approximate surface area is 165 Å². The minimum atomic E-state index is -0.303. The van der Waals surface area contributed by atoms with Gasteiger partial charge in [0.2, 0.25) is 12.5 Å². The molecule has 1 atom stereocenters. The molecule has 0 spiro atoms. The predicted molar refractivity (Wildman–Crippen MR) is 109 cm³/mol. The van der Waals surface area contributed by atoms with Gasteiger partial charge in [-0.3, -0.25) is 0 Å². The van der Waals surface area contributed by atoms with Crippen LogP contribution in [-0.2, 0) is 22.7 Å². The van der Waals surface area contributed by atoms with E-state index in [0.717, 1.165) is 16.4 Å². The fourth-order valence-corrected chi connectivity index (χ4v) is 2.47. The van der Waals surface area contributed by atoms with E-state index in [9.17, 15) is 4.79 Å². The number of aromatic nitrogens is 3. The molecule has 1 aromatic carbocycles. The summed E-state index contributed by atoms with van der Waals surface area (Å²) in [7, 11) is 2.53. The molecule has 8 heteroatoms. The van der Waals surface area contributed by atoms with E-state index in [1.54, 1.807) is 29.4 Å². The number of nitrogen functional groups attached to an aromatic ring is 1. The average molecular weight is 397 g/mol. The molecule has 0 fully saturated rings. The van der Waals surface area contributed by atoms with Crippen molar-refractivity contribution >= 4 is 21.2 Å². The zero-order chi connectivity index (χ0) is 19.9. The number of nitrogens with zero attached hydrogens (tertiary/aromatic N) is 3. The third-order valence-electron chi connectivity index (χ3n) is 3.79. The summed E-state index contributed by atoms with van der Waals surface area (Å²) in [5.74, 6) is -0.0539. The Kier molecular flexibility index (Phi) is 6.40. The largest absolute Gasteiger partial charge is 0.456 e. The number of pyridine rings is 1. The van der Waals surface area contributed by atoms with E-state index in [0.29, 0.717) is 5.69 Å². The van der Waals surface area contributed by atoms with E-state index in [1.807, 2.05) is 49.4 Å².